The molecule has 4 rings (SSSR count). The first-order valence-corrected chi connectivity index (χ1v) is 16.5. The number of alkyl halides is 1. The van der Waals surface area contributed by atoms with Crippen molar-refractivity contribution in [3.63, 3.8) is 0 Å². The van der Waals surface area contributed by atoms with E-state index >= 15 is 0 Å². The molecule has 1 fully saturated rings. The molecule has 5 amide bonds. The number of nitrogens with two attached hydrogens (primary N) is 1. The zero-order valence-corrected chi connectivity index (χ0v) is 27.5. The molecule has 7 N–H and O–H groups in total. The Hall–Kier alpha value is -5.17. The summed E-state index contributed by atoms with van der Waals surface area (Å²) in [4.78, 5) is 78.5. The van der Waals surface area contributed by atoms with Crippen LogP contribution in [0, 0.1) is 0 Å². The number of hydrogen-bond donors (Lipinski definition) is 6. The molecule has 0 radical (unpaired) electrons. The lowest BCUT2D eigenvalue weighted by atomic mass is 9.97. The number of carboxylic acids is 1. The van der Waals surface area contributed by atoms with Crippen molar-refractivity contribution in [3.8, 4) is 5.75 Å². The summed E-state index contributed by atoms with van der Waals surface area (Å²) in [5, 5.41) is 28.6. The molecule has 0 bridgehead atoms. The monoisotopic (exact) mass is 693 g/mol. The van der Waals surface area contributed by atoms with E-state index in [1.165, 1.54) is 17.0 Å². The molecule has 1 heterocycles. The second-order valence-corrected chi connectivity index (χ2v) is 12.3. The molecule has 0 saturated carbocycles. The number of amides is 5. The van der Waals surface area contributed by atoms with Crippen molar-refractivity contribution in [2.24, 2.45) is 5.73 Å². The van der Waals surface area contributed by atoms with Crippen LogP contribution in [0.25, 0.3) is 10.8 Å². The van der Waals surface area contributed by atoms with Crippen molar-refractivity contribution < 1.29 is 39.0 Å². The van der Waals surface area contributed by atoms with E-state index in [-0.39, 0.29) is 38.0 Å². The van der Waals surface area contributed by atoms with Gasteiger partial charge in [0, 0.05) is 25.8 Å². The standard InChI is InChI=1S/C35H40ClN5O8/c36-20-30(43)38-26(14-15-31(44)45)35(49)41-16-4-3-7-29(41)34(48)40-28(19-22-8-11-23-5-1-2-6-24(23)17-22)33(47)39-27(32(37)46)18-21-9-12-25(42)13-10-21/h1-2,5-6,8-13,17,26-29,42H,3-4,7,14-16,18-20H2,(H2,37,46)(H,38,43)(H,39,47)(H,40,48)(H,44,45)/t26-,27-,28?,29-/m0/s1. The molecular weight excluding hydrogens is 654 g/mol. The van der Waals surface area contributed by atoms with Crippen LogP contribution in [0.5, 0.6) is 5.75 Å². The van der Waals surface area contributed by atoms with Crippen molar-refractivity contribution in [3.05, 3.63) is 77.9 Å². The summed E-state index contributed by atoms with van der Waals surface area (Å²) < 4.78 is 0. The highest BCUT2D eigenvalue weighted by molar-refractivity contribution is 6.27. The lowest BCUT2D eigenvalue weighted by molar-refractivity contribution is -0.146. The number of aliphatic carboxylic acids is 1. The number of nitrogens with zero attached hydrogens (tertiary/aromatic N) is 1. The molecule has 0 aliphatic carbocycles. The molecule has 0 spiro atoms. The third-order valence-electron chi connectivity index (χ3n) is 8.41. The predicted molar refractivity (Wildman–Crippen MR) is 181 cm³/mol. The minimum Gasteiger partial charge on any atom is -0.508 e. The fourth-order valence-electron chi connectivity index (χ4n) is 5.87. The second kappa shape index (κ2) is 17.3. The predicted octanol–water partition coefficient (Wildman–Crippen LogP) is 1.75. The van der Waals surface area contributed by atoms with E-state index in [2.05, 4.69) is 16.0 Å². The Morgan fingerprint density at radius 1 is 0.837 bits per heavy atom. The van der Waals surface area contributed by atoms with Gasteiger partial charge in [0.2, 0.25) is 29.5 Å². The number of fused-ring (bicyclic) bond motifs is 1. The first-order valence-electron chi connectivity index (χ1n) is 16.0. The SMILES string of the molecule is NC(=O)[C@H](Cc1ccc(O)cc1)NC(=O)C(Cc1ccc2ccccc2c1)NC(=O)[C@@H]1CCCCN1C(=O)[C@H](CCC(=O)O)NC(=O)CCl. The third-order valence-corrected chi connectivity index (χ3v) is 8.66. The number of piperidine rings is 1. The largest absolute Gasteiger partial charge is 0.508 e. The molecule has 13 nitrogen and oxygen atoms in total. The third kappa shape index (κ3) is 10.4. The number of carbonyl (C=O) groups is 6. The molecular formula is C35H40ClN5O8. The number of primary amides is 1. The average Bonchev–Trinajstić information content (AvgIpc) is 3.09. The van der Waals surface area contributed by atoms with Crippen LogP contribution in [-0.4, -0.2) is 87.2 Å². The fraction of sp³-hybridized carbons (Fsp3) is 0.371. The van der Waals surface area contributed by atoms with Gasteiger partial charge in [0.25, 0.3) is 0 Å². The normalized spacial score (nSPS) is 16.2. The molecule has 49 heavy (non-hydrogen) atoms. The number of nitrogens with one attached hydrogen (secondary N) is 3. The van der Waals surface area contributed by atoms with Gasteiger partial charge in [-0.25, -0.2) is 0 Å². The number of carbonyl (C=O) groups excluding carboxylic acids is 5. The fourth-order valence-corrected chi connectivity index (χ4v) is 5.94. The van der Waals surface area contributed by atoms with Crippen LogP contribution < -0.4 is 21.7 Å². The maximum absolute atomic E-state index is 13.9. The lowest BCUT2D eigenvalue weighted by Crippen LogP contribution is -2.60. The van der Waals surface area contributed by atoms with E-state index in [9.17, 15) is 39.0 Å². The molecule has 1 unspecified atom stereocenters. The first kappa shape index (κ1) is 36.7. The number of rotatable bonds is 15. The van der Waals surface area contributed by atoms with Crippen LogP contribution in [0.1, 0.15) is 43.2 Å². The highest BCUT2D eigenvalue weighted by atomic mass is 35.5. The quantitative estimate of drug-likeness (QED) is 0.129. The summed E-state index contributed by atoms with van der Waals surface area (Å²) in [6, 6.07) is 14.8. The Morgan fingerprint density at radius 2 is 1.51 bits per heavy atom. The number of benzene rings is 3. The molecule has 1 aliphatic rings. The van der Waals surface area contributed by atoms with Gasteiger partial charge in [0.15, 0.2) is 0 Å². The Bertz CT molecular complexity index is 1680. The Labute approximate surface area is 288 Å². The van der Waals surface area contributed by atoms with E-state index in [0.29, 0.717) is 18.4 Å². The van der Waals surface area contributed by atoms with Crippen molar-refractivity contribution in [2.75, 3.05) is 12.4 Å². The summed E-state index contributed by atoms with van der Waals surface area (Å²) in [5.41, 5.74) is 7.01. The highest BCUT2D eigenvalue weighted by Gasteiger charge is 2.38. The van der Waals surface area contributed by atoms with Gasteiger partial charge in [-0.3, -0.25) is 28.8 Å². The number of likely N-dealkylation sites (tertiary alicyclic amines) is 1. The number of hydrogen-bond acceptors (Lipinski definition) is 7. The molecule has 4 atom stereocenters. The summed E-state index contributed by atoms with van der Waals surface area (Å²) in [7, 11) is 0. The zero-order chi connectivity index (χ0) is 35.5. The summed E-state index contributed by atoms with van der Waals surface area (Å²) in [5.74, 6) is -4.95. The highest BCUT2D eigenvalue weighted by Crippen LogP contribution is 2.21. The summed E-state index contributed by atoms with van der Waals surface area (Å²) in [6.45, 7) is 0.176. The van der Waals surface area contributed by atoms with Crippen molar-refractivity contribution in [2.45, 2.75) is 69.1 Å². The molecule has 3 aromatic carbocycles. The first-order chi connectivity index (χ1) is 23.4. The number of aromatic hydroxyl groups is 1. The maximum atomic E-state index is 13.9. The van der Waals surface area contributed by atoms with E-state index < -0.39 is 72.0 Å². The van der Waals surface area contributed by atoms with Crippen LogP contribution >= 0.6 is 11.6 Å². The van der Waals surface area contributed by atoms with Crippen molar-refractivity contribution in [1.29, 1.82) is 0 Å². The smallest absolute Gasteiger partial charge is 0.303 e. The maximum Gasteiger partial charge on any atom is 0.303 e. The van der Waals surface area contributed by atoms with E-state index in [4.69, 9.17) is 17.3 Å². The van der Waals surface area contributed by atoms with Gasteiger partial charge in [-0.2, -0.15) is 0 Å². The molecule has 1 aliphatic heterocycles. The molecule has 1 saturated heterocycles. The molecule has 3 aromatic rings. The van der Waals surface area contributed by atoms with E-state index in [1.54, 1.807) is 12.1 Å². The Kier molecular flexibility index (Phi) is 12.9. The van der Waals surface area contributed by atoms with Crippen molar-refractivity contribution >= 4 is 57.9 Å². The summed E-state index contributed by atoms with van der Waals surface area (Å²) >= 11 is 5.63. The average molecular weight is 694 g/mol. The van der Waals surface area contributed by atoms with Gasteiger partial charge in [0.05, 0.1) is 0 Å². The Morgan fingerprint density at radius 3 is 2.18 bits per heavy atom. The van der Waals surface area contributed by atoms with Crippen LogP contribution in [0.4, 0.5) is 0 Å². The number of phenolic OH excluding ortho intramolecular Hbond substituents is 1. The second-order valence-electron chi connectivity index (χ2n) is 12.0. The topological polar surface area (TPSA) is 208 Å². The molecule has 0 aromatic heterocycles. The molecule has 14 heteroatoms. The van der Waals surface area contributed by atoms with Gasteiger partial charge >= 0.3 is 5.97 Å². The van der Waals surface area contributed by atoms with Gasteiger partial charge in [-0.15, -0.1) is 11.6 Å². The minimum absolute atomic E-state index is 0.0337. The van der Waals surface area contributed by atoms with Gasteiger partial charge in [-0.1, -0.05) is 54.6 Å². The van der Waals surface area contributed by atoms with Crippen LogP contribution in [0.15, 0.2) is 66.7 Å². The minimum atomic E-state index is -1.22. The van der Waals surface area contributed by atoms with Crippen LogP contribution in [0.3, 0.4) is 0 Å². The summed E-state index contributed by atoms with van der Waals surface area (Å²) in [6.07, 6.45) is 0.918. The van der Waals surface area contributed by atoms with E-state index in [0.717, 1.165) is 16.3 Å². The van der Waals surface area contributed by atoms with Crippen molar-refractivity contribution in [1.82, 2.24) is 20.9 Å². The van der Waals surface area contributed by atoms with Gasteiger partial charge in [-0.05, 0) is 59.7 Å². The number of phenols is 1. The number of carboxylic acid groups (broad SMARTS) is 1. The van der Waals surface area contributed by atoms with Crippen LogP contribution in [0.2, 0.25) is 0 Å². The Balaban J connectivity index is 1.59. The number of halogens is 1. The molecule has 260 valence electrons. The van der Waals surface area contributed by atoms with Crippen LogP contribution in [-0.2, 0) is 41.6 Å². The van der Waals surface area contributed by atoms with Gasteiger partial charge in [0.1, 0.15) is 35.8 Å². The van der Waals surface area contributed by atoms with E-state index in [1.807, 2.05) is 42.5 Å². The zero-order valence-electron chi connectivity index (χ0n) is 26.8. The van der Waals surface area contributed by atoms with Gasteiger partial charge < -0.3 is 36.8 Å². The lowest BCUT2D eigenvalue weighted by Gasteiger charge is -2.37.